The number of methoxy groups -OCH3 is 2. The number of benzene rings is 2. The summed E-state index contributed by atoms with van der Waals surface area (Å²) in [6, 6.07) is 24.0. The average Bonchev–Trinajstić information content (AvgIpc) is 4.31. The van der Waals surface area contributed by atoms with Crippen molar-refractivity contribution in [3.63, 3.8) is 0 Å². The number of anilines is 2. The van der Waals surface area contributed by atoms with Crippen LogP contribution < -0.4 is 30.7 Å². The van der Waals surface area contributed by atoms with Crippen molar-refractivity contribution in [2.24, 2.45) is 0 Å². The van der Waals surface area contributed by atoms with Crippen molar-refractivity contribution in [3.05, 3.63) is 168 Å². The normalized spacial score (nSPS) is 19.0. The van der Waals surface area contributed by atoms with Gasteiger partial charge in [0.25, 0.3) is 0 Å². The van der Waals surface area contributed by atoms with Gasteiger partial charge in [-0.15, -0.1) is 35.1 Å². The number of alkyl halides is 6. The molecule has 8 heterocycles. The number of thiophene rings is 2. The van der Waals surface area contributed by atoms with Crippen LogP contribution in [0.3, 0.4) is 0 Å². The van der Waals surface area contributed by atoms with E-state index in [4.69, 9.17) is 18.3 Å². The number of ether oxygens (including phenoxy) is 2. The van der Waals surface area contributed by atoms with Gasteiger partial charge in [0.15, 0.2) is 11.8 Å². The Morgan fingerprint density at radius 1 is 0.506 bits per heavy atom. The Morgan fingerprint density at radius 3 is 1.29 bits per heavy atom. The van der Waals surface area contributed by atoms with Crippen LogP contribution in [0.25, 0.3) is 42.7 Å². The molecule has 25 heteroatoms. The first-order valence-electron chi connectivity index (χ1n) is 27.2. The number of nitrogens with zero attached hydrogens (tertiary/aromatic N) is 8. The van der Waals surface area contributed by atoms with Gasteiger partial charge in [-0.3, -0.25) is 9.97 Å². The van der Waals surface area contributed by atoms with Gasteiger partial charge in [-0.2, -0.15) is 26.3 Å². The van der Waals surface area contributed by atoms with E-state index in [1.165, 1.54) is 12.7 Å². The topological polar surface area (TPSA) is 196 Å². The number of rotatable bonds is 18. The molecule has 2 fully saturated rings. The first kappa shape index (κ1) is 60.4. The molecule has 444 valence electrons. The first-order chi connectivity index (χ1) is 40.6. The van der Waals surface area contributed by atoms with Crippen LogP contribution in [0, 0.1) is 0 Å². The molecule has 4 N–H and O–H groups in total. The summed E-state index contributed by atoms with van der Waals surface area (Å²) in [6.45, 7) is 1.35. The molecule has 0 spiro atoms. The van der Waals surface area contributed by atoms with E-state index < -0.39 is 25.2 Å². The van der Waals surface area contributed by atoms with Gasteiger partial charge in [0, 0.05) is 82.4 Å². The quantitative estimate of drug-likeness (QED) is 0.0592. The summed E-state index contributed by atoms with van der Waals surface area (Å²) in [6.07, 6.45) is 10.5. The highest BCUT2D eigenvalue weighted by Crippen LogP contribution is 2.39. The van der Waals surface area contributed by atoms with E-state index >= 15 is 0 Å². The summed E-state index contributed by atoms with van der Waals surface area (Å²) in [4.78, 5) is 36.0. The van der Waals surface area contributed by atoms with Gasteiger partial charge in [0.1, 0.15) is 58.0 Å². The lowest BCUT2D eigenvalue weighted by Crippen LogP contribution is -2.41. The number of aromatic nitrogens is 8. The van der Waals surface area contributed by atoms with Crippen molar-refractivity contribution < 1.29 is 44.7 Å². The van der Waals surface area contributed by atoms with E-state index in [0.717, 1.165) is 94.6 Å². The Kier molecular flexibility index (Phi) is 19.2. The minimum Gasteiger partial charge on any atom is -0.495 e. The zero-order valence-electron chi connectivity index (χ0n) is 45.9. The monoisotopic (exact) mass is 1220 g/mol. The number of fused-ring (bicyclic) bond motifs is 2. The number of hydrogen-bond donors (Lipinski definition) is 4. The SMILES string of the molecule is COc1cncc(-c2ccc(CN[C@@H]3C[C@H](Nc4ncnc5sc(CC(F)(F)F)cc45)C[C@H](c4ncco4)C3)cc2)c1.COc1cncc(-c2ccc(CN[C@H]3C[C@@H](Nc4ncnc5sc(CC(F)(F)F)cc45)C[C@@H](c4ncco4)C3)cc2)c1.Cl. The van der Waals surface area contributed by atoms with Crippen LogP contribution >= 0.6 is 35.1 Å². The van der Waals surface area contributed by atoms with Crippen LogP contribution in [0.4, 0.5) is 38.0 Å². The van der Waals surface area contributed by atoms with Crippen molar-refractivity contribution in [1.82, 2.24) is 50.5 Å². The molecule has 0 amide bonds. The maximum atomic E-state index is 13.0. The highest BCUT2D eigenvalue weighted by molar-refractivity contribution is 7.19. The molecule has 0 aliphatic heterocycles. The molecule has 2 aromatic carbocycles. The van der Waals surface area contributed by atoms with Gasteiger partial charge >= 0.3 is 12.4 Å². The van der Waals surface area contributed by atoms with Crippen LogP contribution in [-0.2, 0) is 25.9 Å². The molecule has 12 rings (SSSR count). The highest BCUT2D eigenvalue weighted by Gasteiger charge is 2.35. The summed E-state index contributed by atoms with van der Waals surface area (Å²) in [5.74, 6) is 4.03. The lowest BCUT2D eigenvalue weighted by Gasteiger charge is -2.35. The zero-order chi connectivity index (χ0) is 58.2. The largest absolute Gasteiger partial charge is 0.495 e. The molecule has 6 atom stereocenters. The minimum absolute atomic E-state index is 0. The molecule has 10 aromatic rings. The number of oxazole rings is 2. The standard InChI is InChI=1S/2C30H29F3N6O2S.ClH/c2*1-40-24-10-21(15-34-16-24)19-4-2-18(3-5-19)14-36-22-8-20(28-35-6-7-41-28)9-23(11-22)39-27-26-12-25(13-30(31,32)33)42-29(26)38-17-37-27;/h2*2-7,10,12,15-17,20,22-23,36H,8-9,11,13-14H2,1H3,(H,37,38,39);1H/t2*20-,22+,23-;/m10./s1. The predicted molar refractivity (Wildman–Crippen MR) is 316 cm³/mol. The van der Waals surface area contributed by atoms with Crippen molar-refractivity contribution in [3.8, 4) is 33.8 Å². The molecule has 2 aliphatic rings. The summed E-state index contributed by atoms with van der Waals surface area (Å²) in [5, 5.41) is 15.6. The van der Waals surface area contributed by atoms with Crippen LogP contribution in [0.5, 0.6) is 11.5 Å². The maximum absolute atomic E-state index is 13.0. The summed E-state index contributed by atoms with van der Waals surface area (Å²) in [7, 11) is 3.25. The van der Waals surface area contributed by atoms with E-state index in [1.807, 2.05) is 24.5 Å². The molecule has 0 radical (unpaired) electrons. The third kappa shape index (κ3) is 16.0. The van der Waals surface area contributed by atoms with Crippen molar-refractivity contribution in [2.75, 3.05) is 24.9 Å². The minimum atomic E-state index is -4.28. The fourth-order valence-corrected chi connectivity index (χ4v) is 13.1. The second kappa shape index (κ2) is 27.1. The third-order valence-electron chi connectivity index (χ3n) is 14.9. The number of pyridine rings is 2. The van der Waals surface area contributed by atoms with Crippen molar-refractivity contribution >= 4 is 67.1 Å². The van der Waals surface area contributed by atoms with E-state index in [2.05, 4.69) is 110 Å². The lowest BCUT2D eigenvalue weighted by atomic mass is 9.82. The van der Waals surface area contributed by atoms with Gasteiger partial charge in [0.2, 0.25) is 0 Å². The Bertz CT molecular complexity index is 3500. The zero-order valence-corrected chi connectivity index (χ0v) is 48.4. The molecular weight excluding hydrogens is 1170 g/mol. The Labute approximate surface area is 499 Å². The van der Waals surface area contributed by atoms with E-state index in [1.54, 1.807) is 63.7 Å². The molecule has 8 aromatic heterocycles. The fraction of sp³-hybridized carbons (Fsp3) is 0.333. The fourth-order valence-electron chi connectivity index (χ4n) is 11.0. The van der Waals surface area contributed by atoms with Crippen molar-refractivity contribution in [2.45, 2.75) is 113 Å². The van der Waals surface area contributed by atoms with Crippen LogP contribution in [0.2, 0.25) is 0 Å². The van der Waals surface area contributed by atoms with Gasteiger partial charge < -0.3 is 39.6 Å². The average molecular weight is 1230 g/mol. The number of hydrogen-bond acceptors (Lipinski definition) is 18. The summed E-state index contributed by atoms with van der Waals surface area (Å²) in [5.41, 5.74) is 6.37. The molecular formula is C60H59ClF6N12O4S2. The summed E-state index contributed by atoms with van der Waals surface area (Å²) >= 11 is 2.10. The molecule has 2 aliphatic carbocycles. The highest BCUT2D eigenvalue weighted by atomic mass is 35.5. The Morgan fingerprint density at radius 2 is 0.918 bits per heavy atom. The second-order valence-electron chi connectivity index (χ2n) is 20.9. The lowest BCUT2D eigenvalue weighted by molar-refractivity contribution is -0.127. The van der Waals surface area contributed by atoms with Gasteiger partial charge in [-0.25, -0.2) is 29.9 Å². The smallest absolute Gasteiger partial charge is 0.393 e. The molecule has 0 bridgehead atoms. The Balaban J connectivity index is 0.000000187. The molecule has 0 saturated heterocycles. The summed E-state index contributed by atoms with van der Waals surface area (Å²) < 4.78 is 100.0. The van der Waals surface area contributed by atoms with E-state index in [0.29, 0.717) is 68.4 Å². The second-order valence-corrected chi connectivity index (χ2v) is 23.1. The van der Waals surface area contributed by atoms with E-state index in [-0.39, 0.29) is 58.2 Å². The van der Waals surface area contributed by atoms with Gasteiger partial charge in [-0.05, 0) is 85.0 Å². The Hall–Kier alpha value is -7.77. The first-order valence-corrected chi connectivity index (χ1v) is 28.8. The maximum Gasteiger partial charge on any atom is 0.393 e. The van der Waals surface area contributed by atoms with Gasteiger partial charge in [0.05, 0.1) is 62.6 Å². The van der Waals surface area contributed by atoms with Crippen molar-refractivity contribution in [1.29, 1.82) is 0 Å². The molecule has 16 nitrogen and oxygen atoms in total. The molecule has 85 heavy (non-hydrogen) atoms. The third-order valence-corrected chi connectivity index (χ3v) is 17.0. The van der Waals surface area contributed by atoms with Crippen LogP contribution in [0.1, 0.15) is 83.0 Å². The van der Waals surface area contributed by atoms with Crippen LogP contribution in [0.15, 0.2) is 144 Å². The predicted octanol–water partition coefficient (Wildman–Crippen LogP) is 13.9. The number of halogens is 7. The van der Waals surface area contributed by atoms with E-state index in [9.17, 15) is 26.3 Å². The number of nitrogens with one attached hydrogen (secondary N) is 4. The molecule has 0 unspecified atom stereocenters. The van der Waals surface area contributed by atoms with Gasteiger partial charge in [-0.1, -0.05) is 48.5 Å². The van der Waals surface area contributed by atoms with Crippen LogP contribution in [-0.4, -0.2) is 90.6 Å². The molecule has 2 saturated carbocycles.